The Labute approximate surface area is 147 Å². The Bertz CT molecular complexity index is 616. The molecule has 1 aromatic carbocycles. The monoisotopic (exact) mass is 350 g/mol. The molecule has 0 spiro atoms. The van der Waals surface area contributed by atoms with Crippen molar-refractivity contribution in [1.29, 1.82) is 0 Å². The van der Waals surface area contributed by atoms with E-state index in [0.717, 1.165) is 19.4 Å². The molecule has 130 valence electrons. The molecule has 5 nitrogen and oxygen atoms in total. The molecule has 2 fully saturated rings. The standard InChI is InChI=1S/C18H23ClN2O3/c1-2-17(22)20-9-5-6-13(10-20)18(23)21-11-14(12-21)24-16-8-4-3-7-15(16)19/h3-4,7-8,13-14H,2,5-6,9-12H2,1H3/t13-/m1/s1. The number of benzene rings is 1. The average Bonchev–Trinajstić information content (AvgIpc) is 2.58. The fraction of sp³-hybridized carbons (Fsp3) is 0.556. The van der Waals surface area contributed by atoms with Gasteiger partial charge in [0.2, 0.25) is 11.8 Å². The van der Waals surface area contributed by atoms with Crippen LogP contribution in [0, 0.1) is 5.92 Å². The fourth-order valence-corrected chi connectivity index (χ4v) is 3.48. The number of likely N-dealkylation sites (tertiary alicyclic amines) is 2. The van der Waals surface area contributed by atoms with Crippen molar-refractivity contribution in [2.24, 2.45) is 5.92 Å². The van der Waals surface area contributed by atoms with Gasteiger partial charge in [0, 0.05) is 19.5 Å². The number of ether oxygens (including phenoxy) is 1. The summed E-state index contributed by atoms with van der Waals surface area (Å²) in [5, 5.41) is 0.586. The zero-order valence-corrected chi connectivity index (χ0v) is 14.7. The third-order valence-electron chi connectivity index (χ3n) is 4.72. The Morgan fingerprint density at radius 1 is 1.21 bits per heavy atom. The second kappa shape index (κ2) is 7.43. The summed E-state index contributed by atoms with van der Waals surface area (Å²) in [6, 6.07) is 7.37. The smallest absolute Gasteiger partial charge is 0.227 e. The molecule has 24 heavy (non-hydrogen) atoms. The first-order valence-corrected chi connectivity index (χ1v) is 8.94. The van der Waals surface area contributed by atoms with Gasteiger partial charge in [0.15, 0.2) is 0 Å². The van der Waals surface area contributed by atoms with Crippen LogP contribution >= 0.6 is 11.6 Å². The molecule has 0 bridgehead atoms. The maximum Gasteiger partial charge on any atom is 0.227 e. The van der Waals surface area contributed by atoms with Gasteiger partial charge >= 0.3 is 0 Å². The molecule has 3 rings (SSSR count). The second-order valence-corrected chi connectivity index (χ2v) is 6.85. The summed E-state index contributed by atoms with van der Waals surface area (Å²) in [7, 11) is 0. The Balaban J connectivity index is 1.49. The van der Waals surface area contributed by atoms with Gasteiger partial charge in [-0.05, 0) is 25.0 Å². The van der Waals surface area contributed by atoms with Crippen molar-refractivity contribution in [2.75, 3.05) is 26.2 Å². The Kier molecular flexibility index (Phi) is 5.29. The van der Waals surface area contributed by atoms with E-state index < -0.39 is 0 Å². The quantitative estimate of drug-likeness (QED) is 0.838. The molecule has 0 radical (unpaired) electrons. The highest BCUT2D eigenvalue weighted by molar-refractivity contribution is 6.32. The van der Waals surface area contributed by atoms with Crippen LogP contribution in [0.1, 0.15) is 26.2 Å². The molecule has 0 unspecified atom stereocenters. The summed E-state index contributed by atoms with van der Waals surface area (Å²) < 4.78 is 5.84. The molecule has 2 amide bonds. The van der Waals surface area contributed by atoms with Crippen LogP contribution in [0.25, 0.3) is 0 Å². The molecule has 0 saturated carbocycles. The molecule has 1 aromatic rings. The van der Waals surface area contributed by atoms with Gasteiger partial charge in [-0.3, -0.25) is 9.59 Å². The Morgan fingerprint density at radius 3 is 2.67 bits per heavy atom. The highest BCUT2D eigenvalue weighted by Crippen LogP contribution is 2.28. The molecule has 2 saturated heterocycles. The van der Waals surface area contributed by atoms with Crippen molar-refractivity contribution in [2.45, 2.75) is 32.3 Å². The number of piperidine rings is 1. The van der Waals surface area contributed by atoms with Gasteiger partial charge in [0.05, 0.1) is 24.0 Å². The van der Waals surface area contributed by atoms with Crippen molar-refractivity contribution >= 4 is 23.4 Å². The van der Waals surface area contributed by atoms with Crippen molar-refractivity contribution in [3.63, 3.8) is 0 Å². The molecule has 0 aliphatic carbocycles. The van der Waals surface area contributed by atoms with E-state index in [2.05, 4.69) is 0 Å². The zero-order chi connectivity index (χ0) is 17.1. The van der Waals surface area contributed by atoms with Gasteiger partial charge in [-0.25, -0.2) is 0 Å². The molecule has 2 aliphatic heterocycles. The van der Waals surface area contributed by atoms with E-state index >= 15 is 0 Å². The first kappa shape index (κ1) is 17.1. The maximum atomic E-state index is 12.6. The number of hydrogen-bond acceptors (Lipinski definition) is 3. The lowest BCUT2D eigenvalue weighted by atomic mass is 9.94. The molecule has 2 aliphatic rings. The Hall–Kier alpha value is -1.75. The highest BCUT2D eigenvalue weighted by atomic mass is 35.5. The number of amides is 2. The van der Waals surface area contributed by atoms with Crippen LogP contribution in [0.3, 0.4) is 0 Å². The minimum Gasteiger partial charge on any atom is -0.485 e. The van der Waals surface area contributed by atoms with Gasteiger partial charge in [0.1, 0.15) is 11.9 Å². The average molecular weight is 351 g/mol. The minimum absolute atomic E-state index is 0.00850. The van der Waals surface area contributed by atoms with E-state index in [-0.39, 0.29) is 23.8 Å². The van der Waals surface area contributed by atoms with E-state index in [1.165, 1.54) is 0 Å². The largest absolute Gasteiger partial charge is 0.485 e. The molecule has 2 heterocycles. The normalized spacial score (nSPS) is 21.3. The van der Waals surface area contributed by atoms with Crippen LogP contribution in [0.5, 0.6) is 5.75 Å². The molecule has 6 heteroatoms. The van der Waals surface area contributed by atoms with E-state index in [1.54, 1.807) is 6.07 Å². The minimum atomic E-state index is -0.0736. The lowest BCUT2D eigenvalue weighted by Crippen LogP contribution is -2.59. The van der Waals surface area contributed by atoms with Crippen LogP contribution in [-0.2, 0) is 9.59 Å². The number of carbonyl (C=O) groups excluding carboxylic acids is 2. The molecule has 0 N–H and O–H groups in total. The number of rotatable bonds is 4. The number of nitrogens with zero attached hydrogens (tertiary/aromatic N) is 2. The predicted octanol–water partition coefficient (Wildman–Crippen LogP) is 2.58. The van der Waals surface area contributed by atoms with Crippen molar-refractivity contribution in [3.8, 4) is 5.75 Å². The summed E-state index contributed by atoms with van der Waals surface area (Å²) in [5.74, 6) is 0.864. The van der Waals surface area contributed by atoms with Gasteiger partial charge in [0.25, 0.3) is 0 Å². The van der Waals surface area contributed by atoms with Crippen molar-refractivity contribution in [1.82, 2.24) is 9.80 Å². The number of carbonyl (C=O) groups is 2. The molecular weight excluding hydrogens is 328 g/mol. The topological polar surface area (TPSA) is 49.9 Å². The lowest BCUT2D eigenvalue weighted by molar-refractivity contribution is -0.148. The fourth-order valence-electron chi connectivity index (χ4n) is 3.30. The number of halogens is 1. The lowest BCUT2D eigenvalue weighted by Gasteiger charge is -2.42. The molecular formula is C18H23ClN2O3. The summed E-state index contributed by atoms with van der Waals surface area (Å²) >= 11 is 6.09. The summed E-state index contributed by atoms with van der Waals surface area (Å²) in [6.45, 7) is 4.36. The van der Waals surface area contributed by atoms with Gasteiger partial charge < -0.3 is 14.5 Å². The Morgan fingerprint density at radius 2 is 1.96 bits per heavy atom. The second-order valence-electron chi connectivity index (χ2n) is 6.45. The molecule has 1 atom stereocenters. The predicted molar refractivity (Wildman–Crippen MR) is 92.0 cm³/mol. The van der Waals surface area contributed by atoms with Gasteiger partial charge in [-0.15, -0.1) is 0 Å². The molecule has 0 aromatic heterocycles. The number of hydrogen-bond donors (Lipinski definition) is 0. The van der Waals surface area contributed by atoms with Crippen molar-refractivity contribution < 1.29 is 14.3 Å². The van der Waals surface area contributed by atoms with Crippen LogP contribution in [0.2, 0.25) is 5.02 Å². The zero-order valence-electron chi connectivity index (χ0n) is 13.9. The van der Waals surface area contributed by atoms with Crippen LogP contribution in [-0.4, -0.2) is 53.9 Å². The summed E-state index contributed by atoms with van der Waals surface area (Å²) in [5.41, 5.74) is 0. The first-order valence-electron chi connectivity index (χ1n) is 8.56. The van der Waals surface area contributed by atoms with E-state index in [0.29, 0.717) is 36.8 Å². The van der Waals surface area contributed by atoms with Crippen molar-refractivity contribution in [3.05, 3.63) is 29.3 Å². The SMILES string of the molecule is CCC(=O)N1CCC[C@@H](C(=O)N2CC(Oc3ccccc3Cl)C2)C1. The third-order valence-corrected chi connectivity index (χ3v) is 5.03. The van der Waals surface area contributed by atoms with Gasteiger partial charge in [-0.1, -0.05) is 30.7 Å². The third kappa shape index (κ3) is 3.66. The van der Waals surface area contributed by atoms with Crippen LogP contribution in [0.15, 0.2) is 24.3 Å². The highest BCUT2D eigenvalue weighted by Gasteiger charge is 2.38. The van der Waals surface area contributed by atoms with Gasteiger partial charge in [-0.2, -0.15) is 0 Å². The maximum absolute atomic E-state index is 12.6. The van der Waals surface area contributed by atoms with Crippen LogP contribution < -0.4 is 4.74 Å². The summed E-state index contributed by atoms with van der Waals surface area (Å²) in [6.07, 6.45) is 2.25. The van der Waals surface area contributed by atoms with Crippen LogP contribution in [0.4, 0.5) is 0 Å². The number of para-hydroxylation sites is 1. The van der Waals surface area contributed by atoms with E-state index in [1.807, 2.05) is 34.9 Å². The first-order chi connectivity index (χ1) is 11.6. The van der Waals surface area contributed by atoms with E-state index in [4.69, 9.17) is 16.3 Å². The van der Waals surface area contributed by atoms with E-state index in [9.17, 15) is 9.59 Å². The summed E-state index contributed by atoms with van der Waals surface area (Å²) in [4.78, 5) is 28.1.